The number of pyridine rings is 1. The van der Waals surface area contributed by atoms with Crippen molar-refractivity contribution in [3.63, 3.8) is 0 Å². The molecule has 0 unspecified atom stereocenters. The summed E-state index contributed by atoms with van der Waals surface area (Å²) in [6, 6.07) is 10.0. The summed E-state index contributed by atoms with van der Waals surface area (Å²) < 4.78 is 31.7. The molecule has 0 atom stereocenters. The fourth-order valence-corrected chi connectivity index (χ4v) is 4.66. The smallest absolute Gasteiger partial charge is 0.229 e. The van der Waals surface area contributed by atoms with Gasteiger partial charge in [0.2, 0.25) is 16.0 Å². The van der Waals surface area contributed by atoms with Crippen molar-refractivity contribution in [1.29, 1.82) is 0 Å². The number of nitrogens with one attached hydrogen (secondary N) is 1. The second-order valence-electron chi connectivity index (χ2n) is 8.42. The van der Waals surface area contributed by atoms with Gasteiger partial charge in [0, 0.05) is 42.5 Å². The van der Waals surface area contributed by atoms with Crippen LogP contribution in [0.4, 0.5) is 11.6 Å². The fraction of sp³-hybridized carbons (Fsp3) is 0.375. The number of rotatable bonds is 7. The van der Waals surface area contributed by atoms with Gasteiger partial charge in [0.15, 0.2) is 0 Å². The Kier molecular flexibility index (Phi) is 7.11. The maximum Gasteiger partial charge on any atom is 0.229 e. The normalized spacial score (nSPS) is 14.8. The molecule has 4 rings (SSSR count). The number of morpholine rings is 1. The van der Waals surface area contributed by atoms with Crippen molar-refractivity contribution in [2.45, 2.75) is 26.8 Å². The Morgan fingerprint density at radius 2 is 1.82 bits per heavy atom. The number of ether oxygens (including phenoxy) is 1. The number of aryl methyl sites for hydroxylation is 2. The SMILES string of the molecule is CCc1nc(N)nc(-c2ccc(CN3CCOCC3)cc2)c1-c1cnc(C)c(NS(C)(=O)=O)c1. The van der Waals surface area contributed by atoms with Crippen LogP contribution in [0.15, 0.2) is 36.5 Å². The Labute approximate surface area is 200 Å². The molecule has 0 aliphatic carbocycles. The Morgan fingerprint density at radius 3 is 2.47 bits per heavy atom. The lowest BCUT2D eigenvalue weighted by atomic mass is 9.96. The maximum absolute atomic E-state index is 11.8. The molecule has 180 valence electrons. The monoisotopic (exact) mass is 482 g/mol. The number of nitrogens with two attached hydrogens (primary N) is 1. The van der Waals surface area contributed by atoms with Gasteiger partial charge < -0.3 is 10.5 Å². The number of benzene rings is 1. The topological polar surface area (TPSA) is 123 Å². The van der Waals surface area contributed by atoms with Gasteiger partial charge in [0.05, 0.1) is 42.2 Å². The number of aromatic nitrogens is 3. The quantitative estimate of drug-likeness (QED) is 0.527. The summed E-state index contributed by atoms with van der Waals surface area (Å²) in [6.45, 7) is 8.01. The van der Waals surface area contributed by atoms with Gasteiger partial charge in [-0.3, -0.25) is 14.6 Å². The van der Waals surface area contributed by atoms with Gasteiger partial charge in [-0.05, 0) is 25.0 Å². The number of sulfonamides is 1. The molecule has 10 heteroatoms. The summed E-state index contributed by atoms with van der Waals surface area (Å²) in [4.78, 5) is 15.8. The molecular formula is C24H30N6O3S. The average Bonchev–Trinajstić information content (AvgIpc) is 2.80. The molecule has 3 N–H and O–H groups in total. The first kappa shape index (κ1) is 24.1. The Hall–Kier alpha value is -3.08. The Morgan fingerprint density at radius 1 is 1.12 bits per heavy atom. The lowest BCUT2D eigenvalue weighted by Crippen LogP contribution is -2.35. The molecule has 3 aromatic rings. The van der Waals surface area contributed by atoms with Crippen LogP contribution in [0.25, 0.3) is 22.4 Å². The molecule has 1 aromatic carbocycles. The Bertz CT molecular complexity index is 1270. The highest BCUT2D eigenvalue weighted by atomic mass is 32.2. The summed E-state index contributed by atoms with van der Waals surface area (Å²) in [5.74, 6) is 0.197. The van der Waals surface area contributed by atoms with Crippen molar-refractivity contribution in [3.8, 4) is 22.4 Å². The van der Waals surface area contributed by atoms with E-state index in [1.165, 1.54) is 5.56 Å². The molecular weight excluding hydrogens is 452 g/mol. The minimum atomic E-state index is -3.45. The number of nitrogen functional groups attached to an aromatic ring is 1. The molecule has 0 bridgehead atoms. The predicted molar refractivity (Wildman–Crippen MR) is 134 cm³/mol. The van der Waals surface area contributed by atoms with E-state index in [0.717, 1.165) is 61.5 Å². The van der Waals surface area contributed by atoms with E-state index in [1.54, 1.807) is 19.2 Å². The van der Waals surface area contributed by atoms with Gasteiger partial charge in [-0.1, -0.05) is 31.2 Å². The third kappa shape index (κ3) is 5.69. The van der Waals surface area contributed by atoms with Crippen LogP contribution in [0, 0.1) is 6.92 Å². The minimum absolute atomic E-state index is 0.197. The molecule has 0 spiro atoms. The Balaban J connectivity index is 1.75. The standard InChI is InChI=1S/C24H30N6O3S/c1-4-20-22(19-13-21(16(2)26-14-19)29-34(3,31)32)23(28-24(25)27-20)18-7-5-17(6-8-18)15-30-9-11-33-12-10-30/h5-8,13-14,29H,4,9-12,15H2,1-3H3,(H2,25,27,28). The molecule has 34 heavy (non-hydrogen) atoms. The molecule has 1 aliphatic rings. The lowest BCUT2D eigenvalue weighted by Gasteiger charge is -2.26. The summed E-state index contributed by atoms with van der Waals surface area (Å²) in [5.41, 5.74) is 12.2. The fourth-order valence-electron chi connectivity index (χ4n) is 4.05. The number of nitrogens with zero attached hydrogens (tertiary/aromatic N) is 4. The second-order valence-corrected chi connectivity index (χ2v) is 10.2. The van der Waals surface area contributed by atoms with E-state index in [-0.39, 0.29) is 5.95 Å². The zero-order valence-corrected chi connectivity index (χ0v) is 20.5. The first-order chi connectivity index (χ1) is 16.2. The van der Waals surface area contributed by atoms with Crippen LogP contribution in [0.3, 0.4) is 0 Å². The predicted octanol–water partition coefficient (Wildman–Crippen LogP) is 2.86. The third-order valence-corrected chi connectivity index (χ3v) is 6.34. The zero-order chi connectivity index (χ0) is 24.3. The molecule has 1 aliphatic heterocycles. The van der Waals surface area contributed by atoms with Gasteiger partial charge in [-0.25, -0.2) is 18.4 Å². The summed E-state index contributed by atoms with van der Waals surface area (Å²) >= 11 is 0. The molecule has 0 saturated carbocycles. The van der Waals surface area contributed by atoms with Crippen LogP contribution in [-0.2, 0) is 27.7 Å². The minimum Gasteiger partial charge on any atom is -0.379 e. The van der Waals surface area contributed by atoms with E-state index in [2.05, 4.69) is 36.7 Å². The van der Waals surface area contributed by atoms with Crippen LogP contribution in [0.1, 0.15) is 23.9 Å². The molecule has 9 nitrogen and oxygen atoms in total. The van der Waals surface area contributed by atoms with Crippen molar-refractivity contribution in [2.24, 2.45) is 0 Å². The molecule has 2 aromatic heterocycles. The number of hydrogen-bond donors (Lipinski definition) is 2. The summed E-state index contributed by atoms with van der Waals surface area (Å²) in [7, 11) is -3.45. The maximum atomic E-state index is 11.8. The molecule has 0 amide bonds. The average molecular weight is 483 g/mol. The van der Waals surface area contributed by atoms with Crippen molar-refractivity contribution >= 4 is 21.7 Å². The number of hydrogen-bond acceptors (Lipinski definition) is 8. The largest absolute Gasteiger partial charge is 0.379 e. The van der Waals surface area contributed by atoms with Crippen LogP contribution in [0.2, 0.25) is 0 Å². The van der Waals surface area contributed by atoms with Crippen LogP contribution >= 0.6 is 0 Å². The van der Waals surface area contributed by atoms with Gasteiger partial charge in [0.1, 0.15) is 0 Å². The van der Waals surface area contributed by atoms with Crippen LogP contribution in [0.5, 0.6) is 0 Å². The van der Waals surface area contributed by atoms with Gasteiger partial charge in [-0.2, -0.15) is 0 Å². The first-order valence-corrected chi connectivity index (χ1v) is 13.1. The van der Waals surface area contributed by atoms with E-state index in [4.69, 9.17) is 10.5 Å². The van der Waals surface area contributed by atoms with E-state index < -0.39 is 10.0 Å². The van der Waals surface area contributed by atoms with Crippen molar-refractivity contribution in [2.75, 3.05) is 43.0 Å². The number of anilines is 2. The zero-order valence-electron chi connectivity index (χ0n) is 19.7. The van der Waals surface area contributed by atoms with E-state index in [1.807, 2.05) is 19.1 Å². The van der Waals surface area contributed by atoms with Crippen LogP contribution < -0.4 is 10.5 Å². The van der Waals surface area contributed by atoms with Crippen molar-refractivity contribution in [1.82, 2.24) is 19.9 Å². The highest BCUT2D eigenvalue weighted by molar-refractivity contribution is 7.92. The highest BCUT2D eigenvalue weighted by Crippen LogP contribution is 2.35. The summed E-state index contributed by atoms with van der Waals surface area (Å²) in [5, 5.41) is 0. The highest BCUT2D eigenvalue weighted by Gasteiger charge is 2.19. The van der Waals surface area contributed by atoms with Crippen LogP contribution in [-0.4, -0.2) is 60.8 Å². The van der Waals surface area contributed by atoms with Gasteiger partial charge in [0.25, 0.3) is 0 Å². The van der Waals surface area contributed by atoms with Crippen molar-refractivity contribution < 1.29 is 13.2 Å². The first-order valence-electron chi connectivity index (χ1n) is 11.2. The van der Waals surface area contributed by atoms with E-state index >= 15 is 0 Å². The van der Waals surface area contributed by atoms with Gasteiger partial charge in [-0.15, -0.1) is 0 Å². The molecule has 1 saturated heterocycles. The summed E-state index contributed by atoms with van der Waals surface area (Å²) in [6.07, 6.45) is 3.47. The molecule has 1 fully saturated rings. The van der Waals surface area contributed by atoms with E-state index in [9.17, 15) is 8.42 Å². The molecule has 3 heterocycles. The third-order valence-electron chi connectivity index (χ3n) is 5.74. The van der Waals surface area contributed by atoms with Gasteiger partial charge >= 0.3 is 0 Å². The molecule has 0 radical (unpaired) electrons. The van der Waals surface area contributed by atoms with Crippen molar-refractivity contribution in [3.05, 3.63) is 53.5 Å². The lowest BCUT2D eigenvalue weighted by molar-refractivity contribution is 0.0342. The second kappa shape index (κ2) is 10.0. The van der Waals surface area contributed by atoms with E-state index in [0.29, 0.717) is 23.5 Å².